The molecule has 0 bridgehead atoms. The second kappa shape index (κ2) is 7.99. The minimum Gasteiger partial charge on any atom is -0.472 e. The molecule has 0 N–H and O–H groups in total. The molecular weight excluding hydrogens is 341 g/mol. The zero-order valence-corrected chi connectivity index (χ0v) is 14.2. The molecule has 3 rings (SSSR count). The summed E-state index contributed by atoms with van der Waals surface area (Å²) in [7, 11) is 0. The molecule has 1 aliphatic rings. The summed E-state index contributed by atoms with van der Waals surface area (Å²) in [6.07, 6.45) is 2.14. The maximum Gasteiger partial charge on any atom is 0.233 e. The second-order valence-corrected chi connectivity index (χ2v) is 6.65. The van der Waals surface area contributed by atoms with Crippen LogP contribution in [0.4, 0.5) is 4.39 Å². The first kappa shape index (κ1) is 17.2. The lowest BCUT2D eigenvalue weighted by Crippen LogP contribution is -2.32. The molecule has 2 heterocycles. The average molecular weight is 357 g/mol. The van der Waals surface area contributed by atoms with E-state index >= 15 is 0 Å². The quantitative estimate of drug-likeness (QED) is 0.770. The SMILES string of the molecule is N#Cc1ccnc(OC2CCN(C(=O)CSc3ccc(F)cc3)C2)c1. The van der Waals surface area contributed by atoms with Crippen molar-refractivity contribution < 1.29 is 13.9 Å². The van der Waals surface area contributed by atoms with Crippen LogP contribution in [0.15, 0.2) is 47.5 Å². The number of ether oxygens (including phenoxy) is 1. The molecule has 1 aliphatic heterocycles. The first-order valence-electron chi connectivity index (χ1n) is 7.83. The average Bonchev–Trinajstić information content (AvgIpc) is 3.09. The largest absolute Gasteiger partial charge is 0.472 e. The highest BCUT2D eigenvalue weighted by Crippen LogP contribution is 2.21. The van der Waals surface area contributed by atoms with Crippen molar-refractivity contribution in [3.05, 3.63) is 54.0 Å². The number of amides is 1. The van der Waals surface area contributed by atoms with Gasteiger partial charge in [-0.15, -0.1) is 11.8 Å². The summed E-state index contributed by atoms with van der Waals surface area (Å²) in [5, 5.41) is 8.90. The van der Waals surface area contributed by atoms with Gasteiger partial charge in [-0.05, 0) is 30.3 Å². The van der Waals surface area contributed by atoms with E-state index in [0.717, 1.165) is 11.3 Å². The molecule has 25 heavy (non-hydrogen) atoms. The third kappa shape index (κ3) is 4.70. The predicted molar refractivity (Wildman–Crippen MR) is 91.7 cm³/mol. The molecule has 0 spiro atoms. The Hall–Kier alpha value is -2.59. The first-order valence-corrected chi connectivity index (χ1v) is 8.81. The highest BCUT2D eigenvalue weighted by Gasteiger charge is 2.27. The van der Waals surface area contributed by atoms with Crippen LogP contribution in [0.1, 0.15) is 12.0 Å². The minimum atomic E-state index is -0.288. The number of nitrogens with zero attached hydrogens (tertiary/aromatic N) is 3. The van der Waals surface area contributed by atoms with Gasteiger partial charge >= 0.3 is 0 Å². The van der Waals surface area contributed by atoms with Crippen molar-refractivity contribution >= 4 is 17.7 Å². The van der Waals surface area contributed by atoms with Gasteiger partial charge in [0.2, 0.25) is 11.8 Å². The third-order valence-electron chi connectivity index (χ3n) is 3.83. The second-order valence-electron chi connectivity index (χ2n) is 5.61. The van der Waals surface area contributed by atoms with Crippen LogP contribution in [-0.2, 0) is 4.79 Å². The van der Waals surface area contributed by atoms with Crippen molar-refractivity contribution in [2.45, 2.75) is 17.4 Å². The molecule has 1 fully saturated rings. The Morgan fingerprint density at radius 2 is 2.20 bits per heavy atom. The Bertz CT molecular complexity index is 792. The van der Waals surface area contributed by atoms with Crippen molar-refractivity contribution in [2.75, 3.05) is 18.8 Å². The van der Waals surface area contributed by atoms with Crippen molar-refractivity contribution in [3.63, 3.8) is 0 Å². The van der Waals surface area contributed by atoms with Crippen LogP contribution in [0.25, 0.3) is 0 Å². The molecule has 1 atom stereocenters. The van der Waals surface area contributed by atoms with Gasteiger partial charge in [0.15, 0.2) is 0 Å². The summed E-state index contributed by atoms with van der Waals surface area (Å²) in [6.45, 7) is 1.13. The molecule has 7 heteroatoms. The zero-order chi connectivity index (χ0) is 17.6. The van der Waals surface area contributed by atoms with E-state index in [4.69, 9.17) is 10.00 Å². The van der Waals surface area contributed by atoms with Gasteiger partial charge in [0.25, 0.3) is 0 Å². The minimum absolute atomic E-state index is 0.0270. The van der Waals surface area contributed by atoms with Crippen LogP contribution in [0.3, 0.4) is 0 Å². The lowest BCUT2D eigenvalue weighted by atomic mass is 10.3. The van der Waals surface area contributed by atoms with Gasteiger partial charge < -0.3 is 9.64 Å². The van der Waals surface area contributed by atoms with Crippen LogP contribution in [0.2, 0.25) is 0 Å². The Balaban J connectivity index is 1.49. The summed E-state index contributed by atoms with van der Waals surface area (Å²) >= 11 is 1.39. The Labute approximate surface area is 149 Å². The standard InChI is InChI=1S/C18H16FN3O2S/c19-14-1-3-16(4-2-14)25-12-18(23)22-8-6-15(11-22)24-17-9-13(10-20)5-7-21-17/h1-5,7,9,15H,6,8,11-12H2. The molecule has 0 saturated carbocycles. The monoisotopic (exact) mass is 357 g/mol. The molecule has 5 nitrogen and oxygen atoms in total. The van der Waals surface area contributed by atoms with Gasteiger partial charge in [0.05, 0.1) is 23.9 Å². The van der Waals surface area contributed by atoms with Crippen molar-refractivity contribution in [3.8, 4) is 11.9 Å². The van der Waals surface area contributed by atoms with E-state index in [-0.39, 0.29) is 17.8 Å². The number of aromatic nitrogens is 1. The van der Waals surface area contributed by atoms with Crippen molar-refractivity contribution in [1.82, 2.24) is 9.88 Å². The van der Waals surface area contributed by atoms with Gasteiger partial charge in [-0.3, -0.25) is 4.79 Å². The summed E-state index contributed by atoms with van der Waals surface area (Å²) in [5.74, 6) is 0.447. The summed E-state index contributed by atoms with van der Waals surface area (Å²) in [5.41, 5.74) is 0.492. The number of carbonyl (C=O) groups is 1. The lowest BCUT2D eigenvalue weighted by molar-refractivity contribution is -0.127. The fraction of sp³-hybridized carbons (Fsp3) is 0.278. The molecule has 1 aromatic carbocycles. The number of pyridine rings is 1. The molecule has 0 radical (unpaired) electrons. The highest BCUT2D eigenvalue weighted by atomic mass is 32.2. The molecule has 1 amide bonds. The van der Waals surface area contributed by atoms with Crippen LogP contribution in [-0.4, -0.2) is 40.7 Å². The topological polar surface area (TPSA) is 66.2 Å². The maximum atomic E-state index is 12.9. The zero-order valence-electron chi connectivity index (χ0n) is 13.4. The number of benzene rings is 1. The van der Waals surface area contributed by atoms with Gasteiger partial charge in [0, 0.05) is 30.1 Å². The maximum absolute atomic E-state index is 12.9. The number of likely N-dealkylation sites (tertiary alicyclic amines) is 1. The number of halogens is 1. The molecule has 1 saturated heterocycles. The number of hydrogen-bond acceptors (Lipinski definition) is 5. The lowest BCUT2D eigenvalue weighted by Gasteiger charge is -2.17. The van der Waals surface area contributed by atoms with E-state index in [0.29, 0.717) is 30.3 Å². The molecule has 0 aliphatic carbocycles. The summed E-state index contributed by atoms with van der Waals surface area (Å²) < 4.78 is 18.6. The van der Waals surface area contributed by atoms with E-state index in [1.165, 1.54) is 30.1 Å². The van der Waals surface area contributed by atoms with Gasteiger partial charge in [0.1, 0.15) is 11.9 Å². The van der Waals surface area contributed by atoms with Crippen LogP contribution >= 0.6 is 11.8 Å². The van der Waals surface area contributed by atoms with Crippen LogP contribution in [0, 0.1) is 17.1 Å². The smallest absolute Gasteiger partial charge is 0.233 e. The Morgan fingerprint density at radius 1 is 1.40 bits per heavy atom. The molecule has 128 valence electrons. The van der Waals surface area contributed by atoms with E-state index in [1.54, 1.807) is 29.2 Å². The van der Waals surface area contributed by atoms with E-state index in [2.05, 4.69) is 4.98 Å². The number of thioether (sulfide) groups is 1. The van der Waals surface area contributed by atoms with Crippen molar-refractivity contribution in [2.24, 2.45) is 0 Å². The molecule has 1 aromatic heterocycles. The summed E-state index contributed by atoms with van der Waals surface area (Å²) in [4.78, 5) is 19.0. The first-order chi connectivity index (χ1) is 12.1. The molecule has 1 unspecified atom stereocenters. The Morgan fingerprint density at radius 3 is 2.96 bits per heavy atom. The van der Waals surface area contributed by atoms with E-state index in [9.17, 15) is 9.18 Å². The summed E-state index contributed by atoms with van der Waals surface area (Å²) in [6, 6.07) is 11.3. The van der Waals surface area contributed by atoms with Gasteiger partial charge in [-0.25, -0.2) is 9.37 Å². The van der Waals surface area contributed by atoms with Crippen LogP contribution in [0.5, 0.6) is 5.88 Å². The van der Waals surface area contributed by atoms with Gasteiger partial charge in [-0.1, -0.05) is 0 Å². The fourth-order valence-corrected chi connectivity index (χ4v) is 3.33. The fourth-order valence-electron chi connectivity index (χ4n) is 2.53. The predicted octanol–water partition coefficient (Wildman–Crippen LogP) is 2.86. The number of rotatable bonds is 5. The number of hydrogen-bond donors (Lipinski definition) is 0. The van der Waals surface area contributed by atoms with Gasteiger partial charge in [-0.2, -0.15) is 5.26 Å². The van der Waals surface area contributed by atoms with E-state index < -0.39 is 0 Å². The molecule has 2 aromatic rings. The molecular formula is C18H16FN3O2S. The normalized spacial score (nSPS) is 16.5. The Kier molecular flexibility index (Phi) is 5.51. The number of carbonyl (C=O) groups excluding carboxylic acids is 1. The third-order valence-corrected chi connectivity index (χ3v) is 4.82. The highest BCUT2D eigenvalue weighted by molar-refractivity contribution is 8.00. The van der Waals surface area contributed by atoms with E-state index in [1.807, 2.05) is 6.07 Å². The van der Waals surface area contributed by atoms with Crippen LogP contribution < -0.4 is 4.74 Å². The number of nitriles is 1. The van der Waals surface area contributed by atoms with Crippen molar-refractivity contribution in [1.29, 1.82) is 5.26 Å².